The van der Waals surface area contributed by atoms with Crippen LogP contribution in [0.4, 0.5) is 0 Å². The molecule has 0 saturated carbocycles. The molecule has 1 aromatic heterocycles. The number of nitrogens with one attached hydrogen (secondary N) is 2. The Morgan fingerprint density at radius 2 is 1.71 bits per heavy atom. The zero-order valence-corrected chi connectivity index (χ0v) is 17.2. The van der Waals surface area contributed by atoms with Crippen LogP contribution in [0.2, 0.25) is 0 Å². The van der Waals surface area contributed by atoms with E-state index in [9.17, 15) is 0 Å². The van der Waals surface area contributed by atoms with Crippen molar-refractivity contribution < 1.29 is 0 Å². The van der Waals surface area contributed by atoms with Crippen molar-refractivity contribution in [3.8, 4) is 0 Å². The maximum Gasteiger partial charge on any atom is 0.191 e. The van der Waals surface area contributed by atoms with E-state index < -0.39 is 0 Å². The molecule has 8 nitrogen and oxygen atoms in total. The maximum atomic E-state index is 4.32. The summed E-state index contributed by atoms with van der Waals surface area (Å²) < 4.78 is 1.76. The molecule has 0 unspecified atom stereocenters. The van der Waals surface area contributed by atoms with E-state index in [4.69, 9.17) is 0 Å². The summed E-state index contributed by atoms with van der Waals surface area (Å²) in [4.78, 5) is 13.6. The van der Waals surface area contributed by atoms with Crippen LogP contribution in [0, 0.1) is 0 Å². The lowest BCUT2D eigenvalue weighted by molar-refractivity contribution is 0.131. The van der Waals surface area contributed by atoms with Gasteiger partial charge in [0, 0.05) is 53.4 Å². The Bertz CT molecular complexity index is 761. The lowest BCUT2D eigenvalue weighted by Gasteiger charge is -2.34. The Morgan fingerprint density at radius 3 is 2.36 bits per heavy atom. The van der Waals surface area contributed by atoms with Crippen LogP contribution in [-0.4, -0.2) is 70.3 Å². The lowest BCUT2D eigenvalue weighted by atomic mass is 10.1. The van der Waals surface area contributed by atoms with Crippen LogP contribution in [0.15, 0.2) is 35.6 Å². The van der Waals surface area contributed by atoms with Gasteiger partial charge in [-0.1, -0.05) is 31.2 Å². The molecular formula is C20H32N8. The molecule has 3 rings (SSSR count). The highest BCUT2D eigenvalue weighted by Gasteiger charge is 2.16. The molecule has 152 valence electrons. The SMILES string of the molecule is CCN1CCN(Cc2ccccc2CNC(=NC)NCc2ncnn2C)CC1. The molecule has 2 N–H and O–H groups in total. The van der Waals surface area contributed by atoms with Gasteiger partial charge < -0.3 is 15.5 Å². The molecule has 2 aromatic rings. The highest BCUT2D eigenvalue weighted by molar-refractivity contribution is 5.79. The van der Waals surface area contributed by atoms with Crippen LogP contribution < -0.4 is 10.6 Å². The second kappa shape index (κ2) is 10.2. The predicted octanol–water partition coefficient (Wildman–Crippen LogP) is 0.818. The van der Waals surface area contributed by atoms with Crippen LogP contribution >= 0.6 is 0 Å². The number of nitrogens with zero attached hydrogens (tertiary/aromatic N) is 6. The van der Waals surface area contributed by atoms with Crippen molar-refractivity contribution in [2.75, 3.05) is 39.8 Å². The van der Waals surface area contributed by atoms with Crippen LogP contribution in [0.5, 0.6) is 0 Å². The fourth-order valence-corrected chi connectivity index (χ4v) is 3.43. The summed E-state index contributed by atoms with van der Waals surface area (Å²) in [6.07, 6.45) is 1.56. The zero-order chi connectivity index (χ0) is 19.8. The maximum absolute atomic E-state index is 4.32. The molecule has 1 aliphatic heterocycles. The summed E-state index contributed by atoms with van der Waals surface area (Å²) >= 11 is 0. The minimum atomic E-state index is 0.583. The van der Waals surface area contributed by atoms with Crippen LogP contribution in [-0.2, 0) is 26.7 Å². The fourth-order valence-electron chi connectivity index (χ4n) is 3.43. The highest BCUT2D eigenvalue weighted by atomic mass is 15.3. The number of aryl methyl sites for hydroxylation is 1. The number of rotatable bonds is 7. The fraction of sp³-hybridized carbons (Fsp3) is 0.550. The van der Waals surface area contributed by atoms with E-state index in [1.165, 1.54) is 11.1 Å². The molecule has 0 amide bonds. The average Bonchev–Trinajstić information content (AvgIpc) is 3.14. The van der Waals surface area contributed by atoms with Gasteiger partial charge in [-0.2, -0.15) is 5.10 Å². The number of guanidine groups is 1. The third-order valence-corrected chi connectivity index (χ3v) is 5.31. The number of likely N-dealkylation sites (N-methyl/N-ethyl adjacent to an activating group) is 1. The number of aliphatic imine (C=N–C) groups is 1. The minimum absolute atomic E-state index is 0.583. The molecule has 0 radical (unpaired) electrons. The van der Waals surface area contributed by atoms with E-state index in [0.29, 0.717) is 6.54 Å². The predicted molar refractivity (Wildman–Crippen MR) is 112 cm³/mol. The summed E-state index contributed by atoms with van der Waals surface area (Å²) in [6.45, 7) is 10.3. The molecule has 0 aliphatic carbocycles. The van der Waals surface area contributed by atoms with Crippen molar-refractivity contribution in [2.24, 2.45) is 12.0 Å². The molecule has 1 aliphatic rings. The number of benzene rings is 1. The van der Waals surface area contributed by atoms with E-state index in [2.05, 4.69) is 66.7 Å². The largest absolute Gasteiger partial charge is 0.352 e. The first-order valence-electron chi connectivity index (χ1n) is 9.98. The van der Waals surface area contributed by atoms with Crippen molar-refractivity contribution in [2.45, 2.75) is 26.6 Å². The number of hydrogen-bond acceptors (Lipinski definition) is 5. The van der Waals surface area contributed by atoms with Gasteiger partial charge in [0.05, 0.1) is 6.54 Å². The normalized spacial score (nSPS) is 16.3. The van der Waals surface area contributed by atoms with E-state index >= 15 is 0 Å². The van der Waals surface area contributed by atoms with Crippen molar-refractivity contribution in [3.63, 3.8) is 0 Å². The van der Waals surface area contributed by atoms with Gasteiger partial charge in [-0.25, -0.2) is 4.98 Å². The summed E-state index contributed by atoms with van der Waals surface area (Å²) in [5.41, 5.74) is 2.69. The Labute approximate surface area is 167 Å². The first-order valence-corrected chi connectivity index (χ1v) is 9.98. The van der Waals surface area contributed by atoms with Gasteiger partial charge >= 0.3 is 0 Å². The van der Waals surface area contributed by atoms with Gasteiger partial charge in [0.25, 0.3) is 0 Å². The molecule has 1 saturated heterocycles. The van der Waals surface area contributed by atoms with Crippen molar-refractivity contribution >= 4 is 5.96 Å². The first-order chi connectivity index (χ1) is 13.7. The minimum Gasteiger partial charge on any atom is -0.352 e. The van der Waals surface area contributed by atoms with Crippen LogP contribution in [0.25, 0.3) is 0 Å². The van der Waals surface area contributed by atoms with Gasteiger partial charge in [0.15, 0.2) is 5.96 Å². The smallest absolute Gasteiger partial charge is 0.191 e. The summed E-state index contributed by atoms with van der Waals surface area (Å²) in [7, 11) is 3.67. The zero-order valence-electron chi connectivity index (χ0n) is 17.2. The third kappa shape index (κ3) is 5.53. The molecular weight excluding hydrogens is 352 g/mol. The molecule has 1 fully saturated rings. The Morgan fingerprint density at radius 1 is 1.04 bits per heavy atom. The molecule has 8 heteroatoms. The topological polar surface area (TPSA) is 73.6 Å². The Kier molecular flexibility index (Phi) is 7.39. The van der Waals surface area contributed by atoms with E-state index in [0.717, 1.165) is 57.6 Å². The summed E-state index contributed by atoms with van der Waals surface area (Å²) in [6, 6.07) is 8.66. The van der Waals surface area contributed by atoms with Gasteiger partial charge in [-0.15, -0.1) is 0 Å². The molecule has 0 atom stereocenters. The monoisotopic (exact) mass is 384 g/mol. The number of aromatic nitrogens is 3. The summed E-state index contributed by atoms with van der Waals surface area (Å²) in [5.74, 6) is 1.63. The van der Waals surface area contributed by atoms with Crippen molar-refractivity contribution in [1.82, 2.24) is 35.2 Å². The Hall–Kier alpha value is -2.45. The van der Waals surface area contributed by atoms with Gasteiger partial charge in [-0.05, 0) is 17.7 Å². The second-order valence-corrected chi connectivity index (χ2v) is 7.06. The van der Waals surface area contributed by atoms with Gasteiger partial charge in [-0.3, -0.25) is 14.6 Å². The number of piperazine rings is 1. The lowest BCUT2D eigenvalue weighted by Crippen LogP contribution is -2.45. The second-order valence-electron chi connectivity index (χ2n) is 7.06. The quantitative estimate of drug-likeness (QED) is 0.544. The summed E-state index contributed by atoms with van der Waals surface area (Å²) in [5, 5.41) is 10.8. The van der Waals surface area contributed by atoms with Gasteiger partial charge in [0.1, 0.15) is 12.2 Å². The number of hydrogen-bond donors (Lipinski definition) is 2. The third-order valence-electron chi connectivity index (χ3n) is 5.31. The Balaban J connectivity index is 1.53. The standard InChI is InChI=1S/C20H32N8/c1-4-27-9-11-28(12-10-27)15-18-8-6-5-7-17(18)13-22-20(21-2)23-14-19-24-16-25-26(19)3/h5-8,16H,4,9-15H2,1-3H3,(H2,21,22,23). The van der Waals surface area contributed by atoms with Crippen molar-refractivity contribution in [1.29, 1.82) is 0 Å². The molecule has 1 aromatic carbocycles. The van der Waals surface area contributed by atoms with Crippen LogP contribution in [0.1, 0.15) is 23.9 Å². The highest BCUT2D eigenvalue weighted by Crippen LogP contribution is 2.13. The van der Waals surface area contributed by atoms with Crippen molar-refractivity contribution in [3.05, 3.63) is 47.5 Å². The van der Waals surface area contributed by atoms with E-state index in [1.54, 1.807) is 18.1 Å². The molecule has 0 spiro atoms. The van der Waals surface area contributed by atoms with E-state index in [1.807, 2.05) is 7.05 Å². The molecule has 28 heavy (non-hydrogen) atoms. The average molecular weight is 385 g/mol. The first kappa shape index (κ1) is 20.3. The molecule has 0 bridgehead atoms. The van der Waals surface area contributed by atoms with Crippen LogP contribution in [0.3, 0.4) is 0 Å². The molecule has 2 heterocycles. The van der Waals surface area contributed by atoms with Gasteiger partial charge in [0.2, 0.25) is 0 Å². The van der Waals surface area contributed by atoms with E-state index in [-0.39, 0.29) is 0 Å².